The molecule has 0 spiro atoms. The van der Waals surface area contributed by atoms with E-state index in [1.165, 1.54) is 0 Å². The van der Waals surface area contributed by atoms with Crippen LogP contribution in [-0.4, -0.2) is 33.0 Å². The first-order valence-electron chi connectivity index (χ1n) is 10.9. The number of carbonyl (C=O) groups excluding carboxylic acids is 2. The molecule has 180 valence electrons. The Kier molecular flexibility index (Phi) is 5.01. The highest BCUT2D eigenvalue weighted by molar-refractivity contribution is 6.01. The van der Waals surface area contributed by atoms with Crippen molar-refractivity contribution in [1.29, 1.82) is 0 Å². The maximum Gasteiger partial charge on any atom is 0.268 e. The molecule has 0 atom stereocenters. The smallest absolute Gasteiger partial charge is 0.268 e. The number of halogens is 1. The van der Waals surface area contributed by atoms with Gasteiger partial charge in [0.05, 0.1) is 17.6 Å². The topological polar surface area (TPSA) is 126 Å². The van der Waals surface area contributed by atoms with Gasteiger partial charge in [-0.3, -0.25) is 9.59 Å². The van der Waals surface area contributed by atoms with Crippen molar-refractivity contribution in [2.75, 3.05) is 21.3 Å². The standard InChI is InChI=1S/C24H23FN6O4/c1-23(2)20(32)29-15-9-12(5-7-17(15)34-23)27-19-14(25)11-26-22(31-19)28-13-6-8-18-16(10-13)30-21(33)24(3,4)35-18/h5-11H,1-4H3,(H,29,32)(H,30,33)(H2,26,27,28,31). The summed E-state index contributed by atoms with van der Waals surface area (Å²) in [6.07, 6.45) is 1.04. The number of hydrogen-bond donors (Lipinski definition) is 4. The van der Waals surface area contributed by atoms with E-state index in [0.29, 0.717) is 34.2 Å². The predicted octanol–water partition coefficient (Wildman–Crippen LogP) is 4.32. The number of nitrogens with one attached hydrogen (secondary N) is 4. The normalized spacial score (nSPS) is 17.1. The van der Waals surface area contributed by atoms with E-state index >= 15 is 0 Å². The average molecular weight is 478 g/mol. The number of carbonyl (C=O) groups is 2. The molecule has 0 bridgehead atoms. The zero-order chi connectivity index (χ0) is 25.0. The van der Waals surface area contributed by atoms with E-state index in [0.717, 1.165) is 6.20 Å². The zero-order valence-corrected chi connectivity index (χ0v) is 19.4. The van der Waals surface area contributed by atoms with E-state index in [1.54, 1.807) is 64.1 Å². The molecule has 3 aromatic rings. The minimum atomic E-state index is -0.983. The molecule has 10 nitrogen and oxygen atoms in total. The highest BCUT2D eigenvalue weighted by Crippen LogP contribution is 2.37. The van der Waals surface area contributed by atoms with Crippen molar-refractivity contribution < 1.29 is 23.5 Å². The van der Waals surface area contributed by atoms with Crippen molar-refractivity contribution in [3.8, 4) is 11.5 Å². The van der Waals surface area contributed by atoms with Crippen molar-refractivity contribution in [2.45, 2.75) is 38.9 Å². The third-order valence-corrected chi connectivity index (χ3v) is 5.54. The molecule has 0 radical (unpaired) electrons. The van der Waals surface area contributed by atoms with Crippen molar-refractivity contribution >= 4 is 46.3 Å². The van der Waals surface area contributed by atoms with Crippen LogP contribution in [0.3, 0.4) is 0 Å². The Hall–Kier alpha value is -4.41. The van der Waals surface area contributed by atoms with Gasteiger partial charge in [0.25, 0.3) is 11.8 Å². The fraction of sp³-hybridized carbons (Fsp3) is 0.250. The lowest BCUT2D eigenvalue weighted by molar-refractivity contribution is -0.130. The van der Waals surface area contributed by atoms with Crippen LogP contribution in [-0.2, 0) is 9.59 Å². The molecule has 5 rings (SSSR count). The molecule has 2 amide bonds. The van der Waals surface area contributed by atoms with Crippen LogP contribution in [0.5, 0.6) is 11.5 Å². The largest absolute Gasteiger partial charge is 0.476 e. The van der Waals surface area contributed by atoms with Crippen LogP contribution in [0.25, 0.3) is 0 Å². The van der Waals surface area contributed by atoms with E-state index in [2.05, 4.69) is 31.2 Å². The Morgan fingerprint density at radius 3 is 1.89 bits per heavy atom. The quantitative estimate of drug-likeness (QED) is 0.437. The predicted molar refractivity (Wildman–Crippen MR) is 128 cm³/mol. The van der Waals surface area contributed by atoms with Crippen molar-refractivity contribution in [3.63, 3.8) is 0 Å². The van der Waals surface area contributed by atoms with Gasteiger partial charge in [0.2, 0.25) is 5.95 Å². The second kappa shape index (κ2) is 7.83. The molecule has 2 aliphatic rings. The first kappa shape index (κ1) is 22.4. The highest BCUT2D eigenvalue weighted by atomic mass is 19.1. The highest BCUT2D eigenvalue weighted by Gasteiger charge is 2.36. The molecule has 35 heavy (non-hydrogen) atoms. The summed E-state index contributed by atoms with van der Waals surface area (Å²) in [5.74, 6) is -0.0929. The Labute approximate surface area is 200 Å². The molecular formula is C24H23FN6O4. The van der Waals surface area contributed by atoms with Gasteiger partial charge >= 0.3 is 0 Å². The fourth-order valence-corrected chi connectivity index (χ4v) is 3.56. The molecular weight excluding hydrogens is 455 g/mol. The second-order valence-electron chi connectivity index (χ2n) is 9.20. The molecule has 11 heteroatoms. The van der Waals surface area contributed by atoms with Gasteiger partial charge in [0.1, 0.15) is 11.5 Å². The second-order valence-corrected chi connectivity index (χ2v) is 9.20. The summed E-state index contributed by atoms with van der Waals surface area (Å²) in [5, 5.41) is 11.5. The lowest BCUT2D eigenvalue weighted by Crippen LogP contribution is -2.45. The van der Waals surface area contributed by atoms with Gasteiger partial charge in [-0.15, -0.1) is 0 Å². The van der Waals surface area contributed by atoms with Gasteiger partial charge < -0.3 is 30.7 Å². The molecule has 3 heterocycles. The number of amides is 2. The summed E-state index contributed by atoms with van der Waals surface area (Å²) in [4.78, 5) is 32.6. The van der Waals surface area contributed by atoms with Crippen molar-refractivity contribution in [3.05, 3.63) is 48.4 Å². The molecule has 0 saturated heterocycles. The number of nitrogens with zero attached hydrogens (tertiary/aromatic N) is 2. The molecule has 0 saturated carbocycles. The molecule has 0 unspecified atom stereocenters. The van der Waals surface area contributed by atoms with Crippen LogP contribution in [0.15, 0.2) is 42.6 Å². The van der Waals surface area contributed by atoms with Gasteiger partial charge in [-0.2, -0.15) is 4.98 Å². The number of anilines is 6. The van der Waals surface area contributed by atoms with Crippen molar-refractivity contribution in [1.82, 2.24) is 9.97 Å². The molecule has 1 aromatic heterocycles. The zero-order valence-electron chi connectivity index (χ0n) is 19.4. The fourth-order valence-electron chi connectivity index (χ4n) is 3.56. The van der Waals surface area contributed by atoms with Crippen LogP contribution >= 0.6 is 0 Å². The van der Waals surface area contributed by atoms with E-state index in [1.807, 2.05) is 0 Å². The van der Waals surface area contributed by atoms with Crippen molar-refractivity contribution in [2.24, 2.45) is 0 Å². The third kappa shape index (κ3) is 4.27. The number of fused-ring (bicyclic) bond motifs is 2. The summed E-state index contributed by atoms with van der Waals surface area (Å²) < 4.78 is 25.9. The molecule has 2 aromatic carbocycles. The minimum Gasteiger partial charge on any atom is -0.476 e. The van der Waals surface area contributed by atoms with Crippen LogP contribution in [0.2, 0.25) is 0 Å². The van der Waals surface area contributed by atoms with Crippen LogP contribution in [0, 0.1) is 5.82 Å². The van der Waals surface area contributed by atoms with Crippen LogP contribution < -0.4 is 30.7 Å². The first-order valence-corrected chi connectivity index (χ1v) is 10.9. The Bertz CT molecular complexity index is 1370. The van der Waals surface area contributed by atoms with E-state index in [4.69, 9.17) is 9.47 Å². The van der Waals surface area contributed by atoms with Crippen LogP contribution in [0.4, 0.5) is 38.9 Å². The van der Waals surface area contributed by atoms with E-state index in [-0.39, 0.29) is 23.6 Å². The monoisotopic (exact) mass is 478 g/mol. The van der Waals surface area contributed by atoms with Gasteiger partial charge in [-0.05, 0) is 64.1 Å². The van der Waals surface area contributed by atoms with Gasteiger partial charge in [-0.1, -0.05) is 0 Å². The van der Waals surface area contributed by atoms with Crippen LogP contribution in [0.1, 0.15) is 27.7 Å². The summed E-state index contributed by atoms with van der Waals surface area (Å²) in [6.45, 7) is 6.71. The van der Waals surface area contributed by atoms with Gasteiger partial charge in [0.15, 0.2) is 22.8 Å². The maximum absolute atomic E-state index is 14.5. The lowest BCUT2D eigenvalue weighted by Gasteiger charge is -2.31. The third-order valence-electron chi connectivity index (χ3n) is 5.54. The number of aromatic nitrogens is 2. The van der Waals surface area contributed by atoms with E-state index < -0.39 is 17.0 Å². The number of ether oxygens (including phenoxy) is 2. The Balaban J connectivity index is 1.35. The molecule has 4 N–H and O–H groups in total. The minimum absolute atomic E-state index is 0.0674. The summed E-state index contributed by atoms with van der Waals surface area (Å²) in [5.41, 5.74) is 0.0799. The maximum atomic E-state index is 14.5. The molecule has 2 aliphatic heterocycles. The van der Waals surface area contributed by atoms with Gasteiger partial charge in [-0.25, -0.2) is 9.37 Å². The number of rotatable bonds is 4. The van der Waals surface area contributed by atoms with E-state index in [9.17, 15) is 14.0 Å². The molecule has 0 fully saturated rings. The lowest BCUT2D eigenvalue weighted by atomic mass is 10.1. The summed E-state index contributed by atoms with van der Waals surface area (Å²) >= 11 is 0. The van der Waals surface area contributed by atoms with Gasteiger partial charge in [0, 0.05) is 11.4 Å². The number of benzene rings is 2. The SMILES string of the molecule is CC1(C)Oc2ccc(Nc3ncc(F)c(Nc4ccc5c(c4)NC(=O)C(C)(C)O5)n3)cc2NC1=O. The Morgan fingerprint density at radius 1 is 0.829 bits per heavy atom. The Morgan fingerprint density at radius 2 is 1.34 bits per heavy atom. The summed E-state index contributed by atoms with van der Waals surface area (Å²) in [7, 11) is 0. The number of hydrogen-bond acceptors (Lipinski definition) is 8. The summed E-state index contributed by atoms with van der Waals surface area (Å²) in [6, 6.07) is 10.1. The molecule has 0 aliphatic carbocycles. The first-order chi connectivity index (χ1) is 16.5. The average Bonchev–Trinajstić information content (AvgIpc) is 2.78.